The Morgan fingerprint density at radius 1 is 1.13 bits per heavy atom. The minimum absolute atomic E-state index is 0.672. The minimum atomic E-state index is 0.672. The van der Waals surface area contributed by atoms with E-state index < -0.39 is 0 Å². The van der Waals surface area contributed by atoms with Crippen LogP contribution in [0.1, 0.15) is 18.1 Å². The van der Waals surface area contributed by atoms with E-state index in [4.69, 9.17) is 4.98 Å². The number of likely N-dealkylation sites (N-methyl/N-ethyl adjacent to an activating group) is 1. The van der Waals surface area contributed by atoms with Gasteiger partial charge in [0.05, 0.1) is 0 Å². The number of hydrogen-bond acceptors (Lipinski definition) is 5. The summed E-state index contributed by atoms with van der Waals surface area (Å²) in [6, 6.07) is 8.36. The third kappa shape index (κ3) is 3.62. The predicted octanol–water partition coefficient (Wildman–Crippen LogP) is 2.84. The van der Waals surface area contributed by atoms with Gasteiger partial charge in [0.15, 0.2) is 0 Å². The van der Waals surface area contributed by atoms with Crippen LogP contribution in [0, 0.1) is 6.92 Å². The van der Waals surface area contributed by atoms with Crippen molar-refractivity contribution in [2.24, 2.45) is 0 Å². The lowest BCUT2D eigenvalue weighted by atomic mass is 10.1. The second-order valence-corrected chi connectivity index (χ2v) is 6.12. The molecule has 0 atom stereocenters. The zero-order valence-corrected chi connectivity index (χ0v) is 14.2. The molecule has 122 valence electrons. The molecule has 1 fully saturated rings. The van der Waals surface area contributed by atoms with Gasteiger partial charge in [0.25, 0.3) is 0 Å². The lowest BCUT2D eigenvalue weighted by Crippen LogP contribution is -2.44. The first-order valence-electron chi connectivity index (χ1n) is 8.29. The maximum atomic E-state index is 4.72. The third-order valence-electron chi connectivity index (χ3n) is 4.44. The Kier molecular flexibility index (Phi) is 4.76. The van der Waals surface area contributed by atoms with Crippen molar-refractivity contribution in [3.05, 3.63) is 41.6 Å². The largest absolute Gasteiger partial charge is 0.354 e. The van der Waals surface area contributed by atoms with Crippen LogP contribution < -0.4 is 10.2 Å². The summed E-state index contributed by atoms with van der Waals surface area (Å²) in [5, 5.41) is 3.42. The number of anilines is 3. The highest BCUT2D eigenvalue weighted by molar-refractivity contribution is 5.63. The molecule has 1 aliphatic rings. The van der Waals surface area contributed by atoms with Crippen molar-refractivity contribution < 1.29 is 0 Å². The summed E-state index contributed by atoms with van der Waals surface area (Å²) in [7, 11) is 2.16. The van der Waals surface area contributed by atoms with Gasteiger partial charge in [-0.2, -0.15) is 4.98 Å². The number of piperazine rings is 1. The Labute approximate surface area is 138 Å². The smallest absolute Gasteiger partial charge is 0.229 e. The van der Waals surface area contributed by atoms with Crippen molar-refractivity contribution in [2.45, 2.75) is 20.3 Å². The van der Waals surface area contributed by atoms with E-state index in [1.54, 1.807) is 0 Å². The molecule has 0 amide bonds. The Balaban J connectivity index is 1.81. The molecule has 3 rings (SSSR count). The summed E-state index contributed by atoms with van der Waals surface area (Å²) < 4.78 is 0. The zero-order valence-electron chi connectivity index (χ0n) is 14.2. The maximum absolute atomic E-state index is 4.72. The molecule has 0 unspecified atom stereocenters. The average molecular weight is 311 g/mol. The number of nitrogens with zero attached hydrogens (tertiary/aromatic N) is 4. The van der Waals surface area contributed by atoms with Crippen LogP contribution in [0.25, 0.3) is 0 Å². The van der Waals surface area contributed by atoms with Crippen molar-refractivity contribution >= 4 is 17.5 Å². The SMILES string of the molecule is CCc1cccc(C)c1Nc1nccc(N2CCN(C)CC2)n1. The number of aryl methyl sites for hydroxylation is 2. The Bertz CT molecular complexity index is 662. The molecule has 1 aromatic carbocycles. The lowest BCUT2D eigenvalue weighted by molar-refractivity contribution is 0.312. The first kappa shape index (κ1) is 15.7. The summed E-state index contributed by atoms with van der Waals surface area (Å²) in [6.07, 6.45) is 2.83. The molecule has 1 saturated heterocycles. The fourth-order valence-electron chi connectivity index (χ4n) is 2.93. The number of aromatic nitrogens is 2. The lowest BCUT2D eigenvalue weighted by Gasteiger charge is -2.33. The van der Waals surface area contributed by atoms with Crippen molar-refractivity contribution in [2.75, 3.05) is 43.4 Å². The topological polar surface area (TPSA) is 44.3 Å². The standard InChI is InChI=1S/C18H25N5/c1-4-15-7-5-6-14(2)17(15)21-18-19-9-8-16(20-18)23-12-10-22(3)11-13-23/h5-9H,4,10-13H2,1-3H3,(H,19,20,21). The Hall–Kier alpha value is -2.14. The van der Waals surface area contributed by atoms with Gasteiger partial charge in [-0.25, -0.2) is 4.98 Å². The van der Waals surface area contributed by atoms with E-state index in [9.17, 15) is 0 Å². The summed E-state index contributed by atoms with van der Waals surface area (Å²) in [6.45, 7) is 8.46. The quantitative estimate of drug-likeness (QED) is 0.940. The van der Waals surface area contributed by atoms with Crippen LogP contribution in [0.4, 0.5) is 17.5 Å². The number of hydrogen-bond donors (Lipinski definition) is 1. The minimum Gasteiger partial charge on any atom is -0.354 e. The van der Waals surface area contributed by atoms with Gasteiger partial charge >= 0.3 is 0 Å². The van der Waals surface area contributed by atoms with E-state index in [0.29, 0.717) is 5.95 Å². The molecule has 1 aromatic heterocycles. The average Bonchev–Trinajstić information content (AvgIpc) is 2.57. The second-order valence-electron chi connectivity index (χ2n) is 6.12. The molecule has 5 heteroatoms. The first-order chi connectivity index (χ1) is 11.2. The van der Waals surface area contributed by atoms with Gasteiger partial charge in [-0.15, -0.1) is 0 Å². The normalized spacial score (nSPS) is 15.7. The highest BCUT2D eigenvalue weighted by atomic mass is 15.3. The molecular weight excluding hydrogens is 286 g/mol. The summed E-state index contributed by atoms with van der Waals surface area (Å²) in [5.41, 5.74) is 3.64. The van der Waals surface area contributed by atoms with Crippen LogP contribution in [-0.4, -0.2) is 48.1 Å². The Morgan fingerprint density at radius 2 is 1.91 bits per heavy atom. The number of benzene rings is 1. The van der Waals surface area contributed by atoms with Crippen LogP contribution in [0.3, 0.4) is 0 Å². The van der Waals surface area contributed by atoms with Crippen LogP contribution >= 0.6 is 0 Å². The highest BCUT2D eigenvalue weighted by Crippen LogP contribution is 2.24. The van der Waals surface area contributed by atoms with Gasteiger partial charge in [-0.05, 0) is 37.6 Å². The molecule has 1 N–H and O–H groups in total. The van der Waals surface area contributed by atoms with Crippen LogP contribution in [0.2, 0.25) is 0 Å². The van der Waals surface area contributed by atoms with Crippen molar-refractivity contribution in [3.8, 4) is 0 Å². The van der Waals surface area contributed by atoms with Crippen molar-refractivity contribution in [1.82, 2.24) is 14.9 Å². The molecule has 0 bridgehead atoms. The van der Waals surface area contributed by atoms with E-state index in [1.807, 2.05) is 12.3 Å². The van der Waals surface area contributed by atoms with Gasteiger partial charge in [-0.1, -0.05) is 25.1 Å². The highest BCUT2D eigenvalue weighted by Gasteiger charge is 2.16. The number of rotatable bonds is 4. The molecular formula is C18H25N5. The van der Waals surface area contributed by atoms with E-state index >= 15 is 0 Å². The van der Waals surface area contributed by atoms with Crippen LogP contribution in [0.15, 0.2) is 30.5 Å². The summed E-state index contributed by atoms with van der Waals surface area (Å²) in [5.74, 6) is 1.67. The molecule has 0 saturated carbocycles. The second kappa shape index (κ2) is 6.96. The molecule has 0 radical (unpaired) electrons. The molecule has 0 spiro atoms. The molecule has 2 aromatic rings. The van der Waals surface area contributed by atoms with Gasteiger partial charge in [0.1, 0.15) is 5.82 Å². The third-order valence-corrected chi connectivity index (χ3v) is 4.44. The van der Waals surface area contributed by atoms with Crippen LogP contribution in [-0.2, 0) is 6.42 Å². The molecule has 0 aliphatic carbocycles. The number of para-hydroxylation sites is 1. The number of nitrogens with one attached hydrogen (secondary N) is 1. The van der Waals surface area contributed by atoms with Crippen molar-refractivity contribution in [1.29, 1.82) is 0 Å². The fourth-order valence-corrected chi connectivity index (χ4v) is 2.93. The van der Waals surface area contributed by atoms with E-state index in [0.717, 1.165) is 44.1 Å². The van der Waals surface area contributed by atoms with E-state index in [2.05, 4.69) is 59.2 Å². The zero-order chi connectivity index (χ0) is 16.2. The monoisotopic (exact) mass is 311 g/mol. The molecule has 5 nitrogen and oxygen atoms in total. The predicted molar refractivity (Wildman–Crippen MR) is 95.6 cm³/mol. The van der Waals surface area contributed by atoms with Gasteiger partial charge in [0, 0.05) is 38.1 Å². The molecule has 1 aliphatic heterocycles. The summed E-state index contributed by atoms with van der Waals surface area (Å²) in [4.78, 5) is 13.8. The Morgan fingerprint density at radius 3 is 2.65 bits per heavy atom. The van der Waals surface area contributed by atoms with E-state index in [1.165, 1.54) is 11.1 Å². The molecule has 2 heterocycles. The van der Waals surface area contributed by atoms with E-state index in [-0.39, 0.29) is 0 Å². The molecule has 23 heavy (non-hydrogen) atoms. The van der Waals surface area contributed by atoms with Gasteiger partial charge in [0.2, 0.25) is 5.95 Å². The summed E-state index contributed by atoms with van der Waals surface area (Å²) >= 11 is 0. The fraction of sp³-hybridized carbons (Fsp3) is 0.444. The van der Waals surface area contributed by atoms with Crippen molar-refractivity contribution in [3.63, 3.8) is 0 Å². The van der Waals surface area contributed by atoms with Crippen LogP contribution in [0.5, 0.6) is 0 Å². The first-order valence-corrected chi connectivity index (χ1v) is 8.29. The maximum Gasteiger partial charge on any atom is 0.229 e. The van der Waals surface area contributed by atoms with Gasteiger partial charge in [-0.3, -0.25) is 0 Å². The van der Waals surface area contributed by atoms with Gasteiger partial charge < -0.3 is 15.1 Å².